The predicted molar refractivity (Wildman–Crippen MR) is 273 cm³/mol. The molecule has 7 rings (SSSR count). The molecule has 2 saturated heterocycles. The van der Waals surface area contributed by atoms with Crippen LogP contribution in [0.4, 0.5) is 0 Å². The molecule has 11 heteroatoms. The van der Waals surface area contributed by atoms with Crippen LogP contribution >= 0.6 is 0 Å². The zero-order valence-electron chi connectivity index (χ0n) is 41.5. The molecule has 352 valence electrons. The van der Waals surface area contributed by atoms with Crippen molar-refractivity contribution in [1.82, 2.24) is 9.97 Å². The van der Waals surface area contributed by atoms with Crippen molar-refractivity contribution in [2.45, 2.75) is 150 Å². The summed E-state index contributed by atoms with van der Waals surface area (Å²) in [6.07, 6.45) is 22.8. The van der Waals surface area contributed by atoms with Crippen LogP contribution in [-0.2, 0) is 30.8 Å². The second-order valence-corrected chi connectivity index (χ2v) is 21.5. The Balaban J connectivity index is 0.00000720. The maximum atomic E-state index is 14.4. The topological polar surface area (TPSA) is 126 Å². The maximum absolute atomic E-state index is 14.4. The third-order valence-electron chi connectivity index (χ3n) is 15.0. The quantitative estimate of drug-likeness (QED) is 0.0246. The number of ether oxygens (including phenoxy) is 2. The van der Waals surface area contributed by atoms with Crippen molar-refractivity contribution in [2.75, 3.05) is 19.5 Å². The molecule has 66 heavy (non-hydrogen) atoms. The van der Waals surface area contributed by atoms with Gasteiger partial charge in [0.15, 0.2) is 16.3 Å². The average Bonchev–Trinajstić information content (AvgIpc) is 3.50. The van der Waals surface area contributed by atoms with Gasteiger partial charge < -0.3 is 30.1 Å². The van der Waals surface area contributed by atoms with E-state index in [2.05, 4.69) is 68.0 Å². The minimum atomic E-state index is -1.18. The van der Waals surface area contributed by atoms with Gasteiger partial charge >= 0.3 is 35.0 Å². The molecule has 5 aliphatic rings. The summed E-state index contributed by atoms with van der Waals surface area (Å²) < 4.78 is 11.0. The summed E-state index contributed by atoms with van der Waals surface area (Å²) in [5, 5.41) is 11.7. The number of nitrogens with zero attached hydrogens (tertiary/aromatic N) is 4. The van der Waals surface area contributed by atoms with Gasteiger partial charge in [0.05, 0.1) is 7.11 Å². The Hall–Kier alpha value is -3.67. The fourth-order valence-electron chi connectivity index (χ4n) is 10.8. The van der Waals surface area contributed by atoms with Gasteiger partial charge in [-0.3, -0.25) is 14.4 Å². The summed E-state index contributed by atoms with van der Waals surface area (Å²) >= 11 is 1.30. The van der Waals surface area contributed by atoms with E-state index in [1.54, 1.807) is 0 Å². The van der Waals surface area contributed by atoms with Crippen LogP contribution in [0.25, 0.3) is 40.5 Å². The molecular weight excluding hydrogens is 853 g/mol. The molecule has 1 unspecified atom stereocenters. The smallest absolute Gasteiger partial charge is 0.681 e. The van der Waals surface area contributed by atoms with Crippen molar-refractivity contribution in [2.24, 2.45) is 35.5 Å². The minimum Gasteiger partial charge on any atom is -0.681 e. The summed E-state index contributed by atoms with van der Waals surface area (Å²) in [6.45, 7) is 24.2. The van der Waals surface area contributed by atoms with Crippen molar-refractivity contribution < 1.29 is 23.9 Å². The number of thiol groups is 1. The van der Waals surface area contributed by atoms with Crippen molar-refractivity contribution in [3.8, 4) is 0 Å². The largest absolute Gasteiger partial charge is 2.00 e. The molecule has 1 aliphatic carbocycles. The maximum Gasteiger partial charge on any atom is 2.00 e. The molecule has 1 spiro atoms. The number of allylic oxidation sites excluding steroid dienone is 3. The van der Waals surface area contributed by atoms with Gasteiger partial charge in [0, 0.05) is 12.0 Å². The first kappa shape index (κ1) is 51.7. The van der Waals surface area contributed by atoms with Crippen LogP contribution < -0.4 is 20.7 Å². The number of ketones is 1. The molecule has 6 heterocycles. The first-order chi connectivity index (χ1) is 31.1. The number of esters is 2. The van der Waals surface area contributed by atoms with Crippen molar-refractivity contribution in [3.63, 3.8) is 0 Å². The van der Waals surface area contributed by atoms with E-state index in [1.807, 2.05) is 31.2 Å². The average molecular weight is 927 g/mol. The summed E-state index contributed by atoms with van der Waals surface area (Å²) in [5.41, 5.74) is 10.4. The van der Waals surface area contributed by atoms with Gasteiger partial charge in [0.2, 0.25) is 0 Å². The Morgan fingerprint density at radius 3 is 2.27 bits per heavy atom. The van der Waals surface area contributed by atoms with Crippen LogP contribution in [0.2, 0.25) is 0 Å². The summed E-state index contributed by atoms with van der Waals surface area (Å²) in [7, 11) is 1.31. The number of Topliss-reactive ketones (excluding diaryl/α,β-unsaturated/α-hetero) is 1. The van der Waals surface area contributed by atoms with E-state index in [9.17, 15) is 14.4 Å². The fourth-order valence-corrected chi connectivity index (χ4v) is 12.1. The van der Waals surface area contributed by atoms with Crippen LogP contribution in [0, 0.1) is 49.4 Å². The number of methoxy groups -OCH3 is 1. The molecular formula is C55H73MgN4O5S-. The van der Waals surface area contributed by atoms with Gasteiger partial charge in [-0.05, 0) is 105 Å². The van der Waals surface area contributed by atoms with Gasteiger partial charge in [0.25, 0.3) is 0 Å². The van der Waals surface area contributed by atoms with E-state index >= 15 is 0 Å². The molecule has 0 N–H and O–H groups in total. The first-order valence-corrected chi connectivity index (χ1v) is 25.6. The molecule has 8 bridgehead atoms. The normalized spacial score (nSPS) is 25.9. The summed E-state index contributed by atoms with van der Waals surface area (Å²) in [5.74, 6) is 0.548. The second-order valence-electron chi connectivity index (χ2n) is 20.2. The number of aromatic nitrogens is 2. The van der Waals surface area contributed by atoms with Gasteiger partial charge in [-0.15, -0.1) is 27.8 Å². The van der Waals surface area contributed by atoms with E-state index in [-0.39, 0.29) is 64.4 Å². The first-order valence-electron chi connectivity index (χ1n) is 24.5. The molecule has 0 amide bonds. The number of rotatable bonds is 20. The SMILES string of the molecule is C=Cc1c2[n-]c(c1C)/C=C1\[N-]C(C3=c4[n-]/c(c(C)c4C(=O)[C@@H]3C(=O)OC)=C\C3=C(CC)[C@]4(C[SH+]4)/C(=C/2)[N-]3)[C@@H](CCC(=O)OC/C=C(\C)CCC[C@H](C)CCC[C@H](C)CCCC(C)C)[C@@H]1C.[Mg+2]. The Kier molecular flexibility index (Phi) is 17.4. The van der Waals surface area contributed by atoms with Crippen molar-refractivity contribution in [1.29, 1.82) is 0 Å². The molecule has 2 aromatic rings. The Morgan fingerprint density at radius 2 is 1.64 bits per heavy atom. The summed E-state index contributed by atoms with van der Waals surface area (Å²) in [6, 6.07) is -0.605. The molecule has 2 aromatic heterocycles. The number of fused-ring (bicyclic) bond motifs is 9. The number of carbonyl (C=O) groups is 3. The Bertz CT molecular complexity index is 2430. The number of hydrogen-bond acceptors (Lipinski definition) is 5. The third-order valence-corrected chi connectivity index (χ3v) is 16.5. The minimum absolute atomic E-state index is 0. The molecule has 0 aromatic carbocycles. The zero-order chi connectivity index (χ0) is 46.7. The van der Waals surface area contributed by atoms with E-state index in [0.29, 0.717) is 34.2 Å². The van der Waals surface area contributed by atoms with Crippen LogP contribution in [-0.4, -0.2) is 71.0 Å². The predicted octanol–water partition coefficient (Wildman–Crippen LogP) is 10.1. The van der Waals surface area contributed by atoms with Gasteiger partial charge in [-0.1, -0.05) is 151 Å². The molecule has 7 atom stereocenters. The van der Waals surface area contributed by atoms with E-state index in [4.69, 9.17) is 30.1 Å². The Labute approximate surface area is 414 Å². The molecule has 0 radical (unpaired) electrons. The third kappa shape index (κ3) is 10.8. The zero-order valence-corrected chi connectivity index (χ0v) is 43.8. The molecule has 0 saturated carbocycles. The molecule has 4 aliphatic heterocycles. The van der Waals surface area contributed by atoms with Crippen molar-refractivity contribution in [3.05, 3.63) is 95.9 Å². The monoisotopic (exact) mass is 926 g/mol. The van der Waals surface area contributed by atoms with Gasteiger partial charge in [-0.2, -0.15) is 5.70 Å². The number of hydrogen-bond donors (Lipinski definition) is 0. The second kappa shape index (κ2) is 22.2. The molecule has 2 fully saturated rings. The van der Waals surface area contributed by atoms with E-state index in [0.717, 1.165) is 82.0 Å². The fraction of sp³-hybridized carbons (Fsp3) is 0.582. The van der Waals surface area contributed by atoms with Crippen molar-refractivity contribution >= 4 is 82.4 Å². The van der Waals surface area contributed by atoms with Crippen LogP contribution in [0.3, 0.4) is 0 Å². The Morgan fingerprint density at radius 1 is 0.955 bits per heavy atom. The van der Waals surface area contributed by atoms with Crippen LogP contribution in [0.1, 0.15) is 164 Å². The van der Waals surface area contributed by atoms with E-state index < -0.39 is 17.9 Å². The summed E-state index contributed by atoms with van der Waals surface area (Å²) in [4.78, 5) is 51.9. The van der Waals surface area contributed by atoms with Gasteiger partial charge in [0.1, 0.15) is 12.5 Å². The molecule has 9 nitrogen and oxygen atoms in total. The standard InChI is InChI=1S/C55H72N4O5S.Mg/c1-12-38-35(8)41-27-42-36(9)39(23-24-47(60)64-26-25-34(7)22-16-21-33(6)20-15-19-32(5)18-14-17-31(3)4)51(58-42)49-50(54(62)63-11)53(61)48-37(10)43(59-52(48)49)28-45-40(13-2)55(30-65-55)46(57-45)29-44(38)56-41;/h12,25,27-29,31-33,36,39,50-51H,1,13-24,26,30H2,2-11H3;/q-4;+2/p+1/b34-25+,42-27-,43-28-,46-29-;/t32-,33-,36+,39+,50-,51?,55-;/m1./s1. The van der Waals surface area contributed by atoms with Gasteiger partial charge in [-0.25, -0.2) is 0 Å². The van der Waals surface area contributed by atoms with Crippen LogP contribution in [0.15, 0.2) is 40.9 Å². The van der Waals surface area contributed by atoms with Crippen LogP contribution in [0.5, 0.6) is 0 Å². The van der Waals surface area contributed by atoms with E-state index in [1.165, 1.54) is 75.0 Å². The number of carbonyl (C=O) groups excluding carboxylic acids is 3.